The van der Waals surface area contributed by atoms with Gasteiger partial charge in [-0.25, -0.2) is 0 Å². The predicted octanol–water partition coefficient (Wildman–Crippen LogP) is 7.75. The van der Waals surface area contributed by atoms with Crippen LogP contribution in [0.25, 0.3) is 44.5 Å². The summed E-state index contributed by atoms with van der Waals surface area (Å²) in [5.74, 6) is 0. The van der Waals surface area contributed by atoms with Crippen molar-refractivity contribution in [3.63, 3.8) is 0 Å². The molecule has 1 nitrogen and oxygen atoms in total. The van der Waals surface area contributed by atoms with Crippen LogP contribution >= 0.6 is 0 Å². The van der Waals surface area contributed by atoms with Gasteiger partial charge in [0, 0.05) is 11.3 Å². The van der Waals surface area contributed by atoms with Crippen molar-refractivity contribution in [1.82, 2.24) is 0 Å². The van der Waals surface area contributed by atoms with Crippen LogP contribution in [0.3, 0.4) is 0 Å². The Hall–Kier alpha value is -4.10. The lowest BCUT2D eigenvalue weighted by atomic mass is 9.90. The maximum Gasteiger partial charge on any atom is 0.0394 e. The average Bonchev–Trinajstić information content (AvgIpc) is 3.43. The smallest absolute Gasteiger partial charge is 0.0394 e. The van der Waals surface area contributed by atoms with Crippen molar-refractivity contribution in [2.24, 2.45) is 0 Å². The van der Waals surface area contributed by atoms with Gasteiger partial charge in [-0.1, -0.05) is 91.0 Å². The Kier molecular flexibility index (Phi) is 3.89. The molecular formula is C32H23N. The highest BCUT2D eigenvalue weighted by molar-refractivity contribution is 5.91. The number of nitrogens with two attached hydrogens (primary N) is 1. The lowest BCUT2D eigenvalue weighted by Crippen LogP contribution is -1.96. The zero-order valence-corrected chi connectivity index (χ0v) is 18.3. The second-order valence-corrected chi connectivity index (χ2v) is 9.13. The maximum absolute atomic E-state index is 6.58. The molecule has 0 aromatic heterocycles. The van der Waals surface area contributed by atoms with Gasteiger partial charge in [0.05, 0.1) is 0 Å². The first-order valence-electron chi connectivity index (χ1n) is 11.6. The summed E-state index contributed by atoms with van der Waals surface area (Å²) in [5, 5.41) is 0. The minimum atomic E-state index is 0.832. The monoisotopic (exact) mass is 421 g/mol. The summed E-state index contributed by atoms with van der Waals surface area (Å²) in [5.41, 5.74) is 23.3. The SMILES string of the molecule is Nc1ccc(-c2cccc3c2Cc2ccccc2-3)cc1-c1cccc2c1Cc1ccccc1-2. The highest BCUT2D eigenvalue weighted by Gasteiger charge is 2.24. The Labute approximate surface area is 194 Å². The number of fused-ring (bicyclic) bond motifs is 6. The summed E-state index contributed by atoms with van der Waals surface area (Å²) in [4.78, 5) is 0. The van der Waals surface area contributed by atoms with Crippen LogP contribution in [0.5, 0.6) is 0 Å². The molecule has 0 saturated carbocycles. The maximum atomic E-state index is 6.58. The molecule has 2 N–H and O–H groups in total. The molecule has 0 heterocycles. The summed E-state index contributed by atoms with van der Waals surface area (Å²) in [6.45, 7) is 0. The summed E-state index contributed by atoms with van der Waals surface area (Å²) >= 11 is 0. The van der Waals surface area contributed by atoms with Crippen molar-refractivity contribution >= 4 is 5.69 Å². The second-order valence-electron chi connectivity index (χ2n) is 9.13. The van der Waals surface area contributed by atoms with E-state index in [0.29, 0.717) is 0 Å². The lowest BCUT2D eigenvalue weighted by molar-refractivity contribution is 1.26. The zero-order chi connectivity index (χ0) is 21.9. The van der Waals surface area contributed by atoms with Crippen molar-refractivity contribution in [1.29, 1.82) is 0 Å². The quantitative estimate of drug-likeness (QED) is 0.284. The van der Waals surface area contributed by atoms with Crippen LogP contribution in [-0.4, -0.2) is 0 Å². The van der Waals surface area contributed by atoms with Crippen molar-refractivity contribution in [2.75, 3.05) is 5.73 Å². The second kappa shape index (κ2) is 6.95. The van der Waals surface area contributed by atoms with Crippen molar-refractivity contribution < 1.29 is 0 Å². The van der Waals surface area contributed by atoms with Gasteiger partial charge in [-0.3, -0.25) is 0 Å². The molecule has 0 aliphatic heterocycles. The molecule has 2 aliphatic carbocycles. The molecule has 33 heavy (non-hydrogen) atoms. The van der Waals surface area contributed by atoms with Gasteiger partial charge < -0.3 is 5.73 Å². The summed E-state index contributed by atoms with van der Waals surface area (Å²) in [6, 6.07) is 37.4. The fourth-order valence-electron chi connectivity index (χ4n) is 5.79. The van der Waals surface area contributed by atoms with Gasteiger partial charge in [-0.2, -0.15) is 0 Å². The van der Waals surface area contributed by atoms with E-state index < -0.39 is 0 Å². The molecule has 5 aromatic carbocycles. The van der Waals surface area contributed by atoms with Crippen LogP contribution in [0.2, 0.25) is 0 Å². The first-order chi connectivity index (χ1) is 16.3. The summed E-state index contributed by atoms with van der Waals surface area (Å²) in [7, 11) is 0. The number of hydrogen-bond donors (Lipinski definition) is 1. The van der Waals surface area contributed by atoms with Crippen LogP contribution < -0.4 is 5.73 Å². The molecule has 0 saturated heterocycles. The van der Waals surface area contributed by atoms with Gasteiger partial charge in [-0.15, -0.1) is 0 Å². The number of benzene rings is 5. The number of anilines is 1. The van der Waals surface area contributed by atoms with Gasteiger partial charge in [0.15, 0.2) is 0 Å². The van der Waals surface area contributed by atoms with E-state index >= 15 is 0 Å². The van der Waals surface area contributed by atoms with Gasteiger partial charge in [0.25, 0.3) is 0 Å². The van der Waals surface area contributed by atoms with Gasteiger partial charge >= 0.3 is 0 Å². The largest absolute Gasteiger partial charge is 0.398 e. The molecule has 7 rings (SSSR count). The van der Waals surface area contributed by atoms with Gasteiger partial charge in [0.1, 0.15) is 0 Å². The molecule has 0 spiro atoms. The topological polar surface area (TPSA) is 26.0 Å². The molecule has 0 amide bonds. The Morgan fingerprint density at radius 1 is 0.424 bits per heavy atom. The zero-order valence-electron chi connectivity index (χ0n) is 18.3. The molecule has 0 atom stereocenters. The Morgan fingerprint density at radius 3 is 1.55 bits per heavy atom. The van der Waals surface area contributed by atoms with E-state index in [4.69, 9.17) is 5.73 Å². The standard InChI is InChI=1S/C32H23N/c33-32-16-15-22(25-11-5-12-26-23-9-3-1-7-20(23)17-29(25)26)19-31(32)28-14-6-13-27-24-10-4-2-8-21(24)18-30(27)28/h1-16,19H,17-18,33H2. The van der Waals surface area contributed by atoms with Crippen molar-refractivity contribution in [3.8, 4) is 44.5 Å². The first kappa shape index (κ1) is 18.5. The predicted molar refractivity (Wildman–Crippen MR) is 138 cm³/mol. The lowest BCUT2D eigenvalue weighted by Gasteiger charge is -2.15. The fourth-order valence-corrected chi connectivity index (χ4v) is 5.79. The van der Waals surface area contributed by atoms with Gasteiger partial charge in [-0.05, 0) is 86.2 Å². The minimum absolute atomic E-state index is 0.832. The van der Waals surface area contributed by atoms with E-state index in [9.17, 15) is 0 Å². The highest BCUT2D eigenvalue weighted by Crippen LogP contribution is 2.45. The summed E-state index contributed by atoms with van der Waals surface area (Å²) in [6.07, 6.45) is 1.94. The van der Waals surface area contributed by atoms with E-state index in [2.05, 4.69) is 103 Å². The van der Waals surface area contributed by atoms with E-state index in [1.165, 1.54) is 61.2 Å². The molecule has 0 bridgehead atoms. The molecule has 0 fully saturated rings. The molecular weight excluding hydrogens is 398 g/mol. The highest BCUT2D eigenvalue weighted by atomic mass is 14.6. The molecule has 0 unspecified atom stereocenters. The number of hydrogen-bond acceptors (Lipinski definition) is 1. The third-order valence-corrected chi connectivity index (χ3v) is 7.36. The third-order valence-electron chi connectivity index (χ3n) is 7.36. The van der Waals surface area contributed by atoms with Crippen LogP contribution in [-0.2, 0) is 12.8 Å². The van der Waals surface area contributed by atoms with Gasteiger partial charge in [0.2, 0.25) is 0 Å². The van der Waals surface area contributed by atoms with Crippen molar-refractivity contribution in [3.05, 3.63) is 125 Å². The van der Waals surface area contributed by atoms with E-state index in [1.807, 2.05) is 0 Å². The summed E-state index contributed by atoms with van der Waals surface area (Å²) < 4.78 is 0. The van der Waals surface area contributed by atoms with E-state index in [0.717, 1.165) is 24.1 Å². The minimum Gasteiger partial charge on any atom is -0.398 e. The van der Waals surface area contributed by atoms with Crippen LogP contribution in [0, 0.1) is 0 Å². The molecule has 1 heteroatoms. The molecule has 5 aromatic rings. The van der Waals surface area contributed by atoms with E-state index in [-0.39, 0.29) is 0 Å². The molecule has 0 radical (unpaired) electrons. The normalized spacial score (nSPS) is 12.7. The third kappa shape index (κ3) is 2.72. The molecule has 156 valence electrons. The van der Waals surface area contributed by atoms with Crippen LogP contribution in [0.1, 0.15) is 22.3 Å². The Balaban J connectivity index is 1.38. The number of nitrogen functional groups attached to an aromatic ring is 1. The Morgan fingerprint density at radius 2 is 0.909 bits per heavy atom. The van der Waals surface area contributed by atoms with E-state index in [1.54, 1.807) is 0 Å². The van der Waals surface area contributed by atoms with Crippen LogP contribution in [0.15, 0.2) is 103 Å². The average molecular weight is 422 g/mol. The number of rotatable bonds is 2. The first-order valence-corrected chi connectivity index (χ1v) is 11.6. The fraction of sp³-hybridized carbons (Fsp3) is 0.0625. The molecule has 2 aliphatic rings. The Bertz CT molecular complexity index is 1570. The van der Waals surface area contributed by atoms with Crippen LogP contribution in [0.4, 0.5) is 5.69 Å². The van der Waals surface area contributed by atoms with Crippen molar-refractivity contribution in [2.45, 2.75) is 12.8 Å².